The molecule has 1 unspecified atom stereocenters. The molecule has 1 atom stereocenters. The SMILES string of the molecule is CCCCC[B]C(=O)OC(C)(C)[N+]1(C)CCC=C(/C(=N/S)C(=N)OCCCCCC)C1. The van der Waals surface area contributed by atoms with Gasteiger partial charge in [0, 0.05) is 25.8 Å². The predicted molar refractivity (Wildman–Crippen MR) is 134 cm³/mol. The van der Waals surface area contributed by atoms with Gasteiger partial charge in [0.1, 0.15) is 12.3 Å². The van der Waals surface area contributed by atoms with Crippen LogP contribution in [0.15, 0.2) is 16.0 Å². The Kier molecular flexibility index (Phi) is 12.5. The van der Waals surface area contributed by atoms with Crippen molar-refractivity contribution < 1.29 is 18.8 Å². The molecule has 1 heterocycles. The first-order valence-corrected chi connectivity index (χ1v) is 12.1. The number of carbonyl (C=O) groups excluding carboxylic acids is 1. The van der Waals surface area contributed by atoms with Crippen LogP contribution in [0.4, 0.5) is 4.79 Å². The molecule has 0 aromatic rings. The number of thiol groups is 1. The Morgan fingerprint density at radius 1 is 1.23 bits per heavy atom. The number of carbonyl (C=O) groups is 1. The zero-order chi connectivity index (χ0) is 23.3. The van der Waals surface area contributed by atoms with Crippen LogP contribution in [0.5, 0.6) is 0 Å². The Labute approximate surface area is 195 Å². The number of nitrogens with zero attached hydrogens (tertiary/aromatic N) is 2. The third-order valence-electron chi connectivity index (χ3n) is 6.17. The van der Waals surface area contributed by atoms with Gasteiger partial charge < -0.3 is 9.47 Å². The number of rotatable bonds is 14. The number of likely N-dealkylation sites (N-methyl/N-ethyl adjacent to an activating group) is 1. The van der Waals surface area contributed by atoms with Crippen molar-refractivity contribution in [2.24, 2.45) is 4.40 Å². The largest absolute Gasteiger partial charge is 0.477 e. The van der Waals surface area contributed by atoms with Gasteiger partial charge in [-0.05, 0) is 19.2 Å². The van der Waals surface area contributed by atoms with Crippen LogP contribution >= 0.6 is 12.8 Å². The van der Waals surface area contributed by atoms with Gasteiger partial charge in [-0.1, -0.05) is 64.8 Å². The van der Waals surface area contributed by atoms with Crippen LogP contribution in [0.3, 0.4) is 0 Å². The molecule has 0 aromatic carbocycles. The minimum atomic E-state index is -0.706. The standard InChI is InChI=1S/C23H41BN3O3S/c1-6-8-10-12-17-29-21(25)20(26-31)19-14-13-16-27(5,18-19)23(3,4)30-22(28)24-15-11-9-7-2/h14H,6-13,15-18H2,1-5H3,(H-,25,31)/p+1. The number of unbranched alkanes of at least 4 members (excludes halogenated alkanes) is 5. The van der Waals surface area contributed by atoms with Gasteiger partial charge in [-0.15, -0.1) is 0 Å². The summed E-state index contributed by atoms with van der Waals surface area (Å²) >= 11 is 4.11. The van der Waals surface area contributed by atoms with Crippen molar-refractivity contribution in [2.75, 3.05) is 26.7 Å². The van der Waals surface area contributed by atoms with E-state index < -0.39 is 5.72 Å². The van der Waals surface area contributed by atoms with Gasteiger partial charge >= 0.3 is 0 Å². The van der Waals surface area contributed by atoms with E-state index in [0.29, 0.717) is 23.3 Å². The quantitative estimate of drug-likeness (QED) is 0.0875. The Bertz CT molecular complexity index is 652. The molecule has 1 aliphatic heterocycles. The maximum Gasteiger partial charge on any atom is 0.261 e. The van der Waals surface area contributed by atoms with Gasteiger partial charge in [0.25, 0.3) is 7.28 Å². The Hall–Kier alpha value is -1.28. The van der Waals surface area contributed by atoms with E-state index in [1.165, 1.54) is 12.8 Å². The molecule has 0 aromatic heterocycles. The molecule has 0 saturated carbocycles. The lowest BCUT2D eigenvalue weighted by atomic mass is 9.73. The molecule has 0 saturated heterocycles. The summed E-state index contributed by atoms with van der Waals surface area (Å²) in [5.74, 6) is -0.201. The second kappa shape index (κ2) is 14.0. The average Bonchev–Trinajstić information content (AvgIpc) is 2.71. The minimum absolute atomic E-state index is 0.0604. The number of hydrogen-bond acceptors (Lipinski definition) is 6. The van der Waals surface area contributed by atoms with Crippen LogP contribution in [-0.4, -0.2) is 61.7 Å². The molecule has 0 fully saturated rings. The maximum atomic E-state index is 12.4. The first-order valence-electron chi connectivity index (χ1n) is 11.7. The van der Waals surface area contributed by atoms with Crippen LogP contribution in [0.2, 0.25) is 6.32 Å². The topological polar surface area (TPSA) is 71.7 Å². The lowest BCUT2D eigenvalue weighted by molar-refractivity contribution is -0.973. The molecule has 0 spiro atoms. The highest BCUT2D eigenvalue weighted by atomic mass is 32.1. The van der Waals surface area contributed by atoms with Crippen molar-refractivity contribution in [1.82, 2.24) is 0 Å². The summed E-state index contributed by atoms with van der Waals surface area (Å²) < 4.78 is 16.1. The minimum Gasteiger partial charge on any atom is -0.477 e. The van der Waals surface area contributed by atoms with Crippen molar-refractivity contribution in [3.05, 3.63) is 11.6 Å². The van der Waals surface area contributed by atoms with Gasteiger partial charge in [0.2, 0.25) is 17.5 Å². The van der Waals surface area contributed by atoms with Crippen molar-refractivity contribution in [3.8, 4) is 0 Å². The summed E-state index contributed by atoms with van der Waals surface area (Å²) in [4.78, 5) is 12.4. The second-order valence-electron chi connectivity index (χ2n) is 9.05. The van der Waals surface area contributed by atoms with Gasteiger partial charge in [-0.3, -0.25) is 14.7 Å². The van der Waals surface area contributed by atoms with E-state index in [9.17, 15) is 4.79 Å². The number of nitrogens with one attached hydrogen (secondary N) is 1. The Morgan fingerprint density at radius 3 is 2.55 bits per heavy atom. The van der Waals surface area contributed by atoms with Crippen LogP contribution in [0.1, 0.15) is 79.1 Å². The molecule has 175 valence electrons. The zero-order valence-electron chi connectivity index (χ0n) is 20.2. The molecule has 8 heteroatoms. The predicted octanol–water partition coefficient (Wildman–Crippen LogP) is 5.81. The van der Waals surface area contributed by atoms with Crippen LogP contribution in [-0.2, 0) is 9.47 Å². The van der Waals surface area contributed by atoms with Crippen molar-refractivity contribution in [1.29, 1.82) is 5.41 Å². The van der Waals surface area contributed by atoms with Crippen LogP contribution in [0, 0.1) is 5.41 Å². The van der Waals surface area contributed by atoms with E-state index in [0.717, 1.165) is 57.0 Å². The third-order valence-corrected chi connectivity index (χ3v) is 6.37. The lowest BCUT2D eigenvalue weighted by Crippen LogP contribution is -2.63. The highest BCUT2D eigenvalue weighted by Crippen LogP contribution is 2.30. The van der Waals surface area contributed by atoms with Crippen LogP contribution in [0.25, 0.3) is 0 Å². The first kappa shape index (κ1) is 27.8. The van der Waals surface area contributed by atoms with E-state index in [2.05, 4.69) is 44.2 Å². The maximum absolute atomic E-state index is 12.4. The second-order valence-corrected chi connectivity index (χ2v) is 9.25. The monoisotopic (exact) mass is 451 g/mol. The molecule has 6 nitrogen and oxygen atoms in total. The fraction of sp³-hybridized carbons (Fsp3) is 0.783. The van der Waals surface area contributed by atoms with E-state index >= 15 is 0 Å². The van der Waals surface area contributed by atoms with E-state index in [4.69, 9.17) is 14.9 Å². The summed E-state index contributed by atoms with van der Waals surface area (Å²) in [5.41, 5.74) is 0.678. The molecule has 1 N–H and O–H groups in total. The Balaban J connectivity index is 2.72. The molecular weight excluding hydrogens is 409 g/mol. The molecule has 0 bridgehead atoms. The summed E-state index contributed by atoms with van der Waals surface area (Å²) in [6.07, 6.45) is 11.3. The average molecular weight is 451 g/mol. The molecule has 0 amide bonds. The van der Waals surface area contributed by atoms with E-state index in [1.54, 1.807) is 7.28 Å². The zero-order valence-corrected chi connectivity index (χ0v) is 21.1. The van der Waals surface area contributed by atoms with E-state index in [-0.39, 0.29) is 11.8 Å². The molecular formula is C23H42BN3O3S+. The fourth-order valence-electron chi connectivity index (χ4n) is 3.71. The molecule has 1 rings (SSSR count). The third kappa shape index (κ3) is 9.01. The lowest BCUT2D eigenvalue weighted by Gasteiger charge is -2.48. The van der Waals surface area contributed by atoms with Gasteiger partial charge in [-0.2, -0.15) is 0 Å². The summed E-state index contributed by atoms with van der Waals surface area (Å²) in [5, 5.41) is 8.33. The molecule has 1 aliphatic rings. The summed E-state index contributed by atoms with van der Waals surface area (Å²) in [6.45, 7) is 10.2. The first-order chi connectivity index (χ1) is 14.7. The number of ether oxygens (including phenoxy) is 2. The smallest absolute Gasteiger partial charge is 0.261 e. The molecule has 1 radical (unpaired) electrons. The van der Waals surface area contributed by atoms with Crippen molar-refractivity contribution in [2.45, 2.75) is 91.1 Å². The highest BCUT2D eigenvalue weighted by Gasteiger charge is 2.45. The number of hydrogen-bond donors (Lipinski definition) is 2. The fourth-order valence-corrected chi connectivity index (χ4v) is 3.93. The van der Waals surface area contributed by atoms with E-state index in [1.807, 2.05) is 13.8 Å². The van der Waals surface area contributed by atoms with Gasteiger partial charge in [0.15, 0.2) is 0 Å². The van der Waals surface area contributed by atoms with Gasteiger partial charge in [0.05, 0.1) is 20.2 Å². The molecule has 31 heavy (non-hydrogen) atoms. The Morgan fingerprint density at radius 2 is 1.90 bits per heavy atom. The summed E-state index contributed by atoms with van der Waals surface area (Å²) in [6, 6.07) is 0. The summed E-state index contributed by atoms with van der Waals surface area (Å²) in [7, 11) is 3.75. The van der Waals surface area contributed by atoms with Gasteiger partial charge in [-0.25, -0.2) is 4.40 Å². The highest BCUT2D eigenvalue weighted by molar-refractivity contribution is 7.79. The van der Waals surface area contributed by atoms with Crippen molar-refractivity contribution in [3.63, 3.8) is 0 Å². The van der Waals surface area contributed by atoms with Crippen LogP contribution < -0.4 is 0 Å². The number of quaternary nitrogens is 1. The normalized spacial score (nSPS) is 19.5. The molecule has 0 aliphatic carbocycles. The van der Waals surface area contributed by atoms with Crippen molar-refractivity contribution >= 4 is 37.6 Å².